The molecule has 2 N–H and O–H groups in total. The van der Waals surface area contributed by atoms with Crippen LogP contribution in [0.3, 0.4) is 0 Å². The van der Waals surface area contributed by atoms with Gasteiger partial charge in [0.25, 0.3) is 0 Å². The monoisotopic (exact) mass is 266 g/mol. The molecule has 0 saturated carbocycles. The predicted octanol–water partition coefficient (Wildman–Crippen LogP) is 1.91. The fourth-order valence-corrected chi connectivity index (χ4v) is 2.00. The number of benzene rings is 1. The number of methoxy groups -OCH3 is 1. The summed E-state index contributed by atoms with van der Waals surface area (Å²) in [6.07, 6.45) is 0. The lowest BCUT2D eigenvalue weighted by Gasteiger charge is -2.07. The number of nitrogens with zero attached hydrogens (tertiary/aromatic N) is 3. The maximum atomic E-state index is 6.12. The maximum absolute atomic E-state index is 6.12. The number of hydrogen-bond acceptors (Lipinski definition) is 4. The van der Waals surface area contributed by atoms with Crippen molar-refractivity contribution in [3.05, 3.63) is 28.5 Å². The van der Waals surface area contributed by atoms with Gasteiger partial charge in [0, 0.05) is 12.6 Å². The van der Waals surface area contributed by atoms with E-state index in [2.05, 4.69) is 10.1 Å². The Morgan fingerprint density at radius 2 is 2.17 bits per heavy atom. The molecular weight excluding hydrogens is 252 g/mol. The summed E-state index contributed by atoms with van der Waals surface area (Å²) in [7, 11) is 3.41. The van der Waals surface area contributed by atoms with Gasteiger partial charge in [-0.25, -0.2) is 4.98 Å². The van der Waals surface area contributed by atoms with Gasteiger partial charge >= 0.3 is 0 Å². The summed E-state index contributed by atoms with van der Waals surface area (Å²) in [6.45, 7) is 2.32. The van der Waals surface area contributed by atoms with Gasteiger partial charge in [-0.05, 0) is 24.6 Å². The van der Waals surface area contributed by atoms with Crippen LogP contribution in [0.25, 0.3) is 11.4 Å². The van der Waals surface area contributed by atoms with E-state index in [1.165, 1.54) is 0 Å². The quantitative estimate of drug-likeness (QED) is 0.922. The van der Waals surface area contributed by atoms with Crippen LogP contribution in [0.5, 0.6) is 5.75 Å². The van der Waals surface area contributed by atoms with Crippen molar-refractivity contribution in [3.63, 3.8) is 0 Å². The fourth-order valence-electron chi connectivity index (χ4n) is 1.76. The van der Waals surface area contributed by atoms with E-state index < -0.39 is 0 Å². The predicted molar refractivity (Wildman–Crippen MR) is 70.6 cm³/mol. The van der Waals surface area contributed by atoms with E-state index in [0.29, 0.717) is 23.1 Å². The van der Waals surface area contributed by atoms with Crippen LogP contribution in [0, 0.1) is 6.92 Å². The largest absolute Gasteiger partial charge is 0.495 e. The first-order valence-corrected chi connectivity index (χ1v) is 5.89. The average molecular weight is 267 g/mol. The third-order valence-electron chi connectivity index (χ3n) is 2.78. The number of ether oxygens (including phenoxy) is 1. The third kappa shape index (κ3) is 2.19. The highest BCUT2D eigenvalue weighted by atomic mass is 35.5. The average Bonchev–Trinajstić information content (AvgIpc) is 2.72. The van der Waals surface area contributed by atoms with Crippen LogP contribution >= 0.6 is 11.6 Å². The van der Waals surface area contributed by atoms with Gasteiger partial charge in [-0.1, -0.05) is 11.6 Å². The van der Waals surface area contributed by atoms with Crippen LogP contribution < -0.4 is 10.5 Å². The van der Waals surface area contributed by atoms with Crippen molar-refractivity contribution >= 4 is 11.6 Å². The molecule has 6 heteroatoms. The first kappa shape index (κ1) is 12.9. The van der Waals surface area contributed by atoms with E-state index in [1.807, 2.05) is 26.1 Å². The molecule has 0 unspecified atom stereocenters. The maximum Gasteiger partial charge on any atom is 0.181 e. The van der Waals surface area contributed by atoms with Gasteiger partial charge in [0.1, 0.15) is 11.6 Å². The summed E-state index contributed by atoms with van der Waals surface area (Å²) in [4.78, 5) is 4.38. The lowest BCUT2D eigenvalue weighted by atomic mass is 10.1. The number of halogens is 1. The minimum Gasteiger partial charge on any atom is -0.495 e. The van der Waals surface area contributed by atoms with Crippen LogP contribution in [-0.2, 0) is 13.6 Å². The van der Waals surface area contributed by atoms with Crippen LogP contribution in [0.2, 0.25) is 5.02 Å². The van der Waals surface area contributed by atoms with Crippen molar-refractivity contribution in [2.75, 3.05) is 7.11 Å². The van der Waals surface area contributed by atoms with Crippen molar-refractivity contribution in [3.8, 4) is 17.1 Å². The first-order chi connectivity index (χ1) is 8.56. The number of rotatable bonds is 3. The van der Waals surface area contributed by atoms with E-state index in [1.54, 1.807) is 11.8 Å². The molecule has 1 heterocycles. The molecule has 2 rings (SSSR count). The minimum atomic E-state index is 0.354. The summed E-state index contributed by atoms with van der Waals surface area (Å²) in [5, 5.41) is 4.88. The highest BCUT2D eigenvalue weighted by Gasteiger charge is 2.13. The number of nitrogens with two attached hydrogens (primary N) is 1. The van der Waals surface area contributed by atoms with Gasteiger partial charge in [0.05, 0.1) is 18.7 Å². The van der Waals surface area contributed by atoms with Gasteiger partial charge in [-0.2, -0.15) is 5.10 Å². The first-order valence-electron chi connectivity index (χ1n) is 5.51. The molecule has 0 amide bonds. The van der Waals surface area contributed by atoms with Crippen molar-refractivity contribution in [2.45, 2.75) is 13.5 Å². The molecule has 0 saturated heterocycles. The number of hydrogen-bond donors (Lipinski definition) is 1. The van der Waals surface area contributed by atoms with E-state index in [0.717, 1.165) is 17.0 Å². The molecule has 0 aliphatic carbocycles. The number of aryl methyl sites for hydroxylation is 2. The smallest absolute Gasteiger partial charge is 0.181 e. The lowest BCUT2D eigenvalue weighted by molar-refractivity contribution is 0.415. The summed E-state index contributed by atoms with van der Waals surface area (Å²) in [5.41, 5.74) is 7.48. The van der Waals surface area contributed by atoms with Crippen LogP contribution in [-0.4, -0.2) is 21.9 Å². The van der Waals surface area contributed by atoms with Crippen LogP contribution in [0.4, 0.5) is 0 Å². The summed E-state index contributed by atoms with van der Waals surface area (Å²) in [5.74, 6) is 2.00. The molecule has 18 heavy (non-hydrogen) atoms. The molecule has 0 atom stereocenters. The highest BCUT2D eigenvalue weighted by Crippen LogP contribution is 2.32. The zero-order chi connectivity index (χ0) is 13.3. The standard InChI is InChI=1S/C12H15ClN4O/c1-7-4-10(18-3)9(13)5-8(7)12-15-11(6-14)17(2)16-12/h4-5H,6,14H2,1-3H3. The van der Waals surface area contributed by atoms with Gasteiger partial charge < -0.3 is 10.5 Å². The molecular formula is C12H15ClN4O. The molecule has 1 aromatic heterocycles. The fraction of sp³-hybridized carbons (Fsp3) is 0.333. The molecule has 0 radical (unpaired) electrons. The molecule has 5 nitrogen and oxygen atoms in total. The zero-order valence-corrected chi connectivity index (χ0v) is 11.3. The molecule has 1 aromatic carbocycles. The van der Waals surface area contributed by atoms with Crippen molar-refractivity contribution < 1.29 is 4.74 Å². The normalized spacial score (nSPS) is 10.7. The molecule has 0 spiro atoms. The Kier molecular flexibility index (Phi) is 3.54. The molecule has 0 bridgehead atoms. The lowest BCUT2D eigenvalue weighted by Crippen LogP contribution is -2.05. The Morgan fingerprint density at radius 1 is 1.44 bits per heavy atom. The Bertz CT molecular complexity index is 580. The number of aromatic nitrogens is 3. The molecule has 0 aliphatic heterocycles. The Labute approximate surface area is 111 Å². The SMILES string of the molecule is COc1cc(C)c(-c2nc(CN)n(C)n2)cc1Cl. The van der Waals surface area contributed by atoms with Gasteiger partial charge in [0.2, 0.25) is 0 Å². The van der Waals surface area contributed by atoms with Gasteiger partial charge in [0.15, 0.2) is 5.82 Å². The summed E-state index contributed by atoms with van der Waals surface area (Å²) >= 11 is 6.12. The molecule has 0 fully saturated rings. The summed E-state index contributed by atoms with van der Waals surface area (Å²) in [6, 6.07) is 3.68. The van der Waals surface area contributed by atoms with E-state index in [-0.39, 0.29) is 0 Å². The topological polar surface area (TPSA) is 66.0 Å². The van der Waals surface area contributed by atoms with Crippen molar-refractivity contribution in [1.29, 1.82) is 0 Å². The van der Waals surface area contributed by atoms with E-state index >= 15 is 0 Å². The van der Waals surface area contributed by atoms with Crippen LogP contribution in [0.1, 0.15) is 11.4 Å². The molecule has 0 aliphatic rings. The van der Waals surface area contributed by atoms with E-state index in [9.17, 15) is 0 Å². The summed E-state index contributed by atoms with van der Waals surface area (Å²) < 4.78 is 6.84. The van der Waals surface area contributed by atoms with Gasteiger partial charge in [-0.3, -0.25) is 4.68 Å². The second kappa shape index (κ2) is 4.96. The van der Waals surface area contributed by atoms with Gasteiger partial charge in [-0.15, -0.1) is 0 Å². The van der Waals surface area contributed by atoms with Crippen molar-refractivity contribution in [2.24, 2.45) is 12.8 Å². The Balaban J connectivity index is 2.53. The van der Waals surface area contributed by atoms with E-state index in [4.69, 9.17) is 22.1 Å². The minimum absolute atomic E-state index is 0.354. The Hall–Kier alpha value is -1.59. The Morgan fingerprint density at radius 3 is 2.72 bits per heavy atom. The second-order valence-corrected chi connectivity index (χ2v) is 4.39. The molecule has 96 valence electrons. The van der Waals surface area contributed by atoms with Crippen molar-refractivity contribution in [1.82, 2.24) is 14.8 Å². The molecule has 2 aromatic rings. The third-order valence-corrected chi connectivity index (χ3v) is 3.07. The van der Waals surface area contributed by atoms with Crippen LogP contribution in [0.15, 0.2) is 12.1 Å². The second-order valence-electron chi connectivity index (χ2n) is 3.98. The zero-order valence-electron chi connectivity index (χ0n) is 10.6. The highest BCUT2D eigenvalue weighted by molar-refractivity contribution is 6.32.